The number of hydrogen-bond donors (Lipinski definition) is 1. The predicted molar refractivity (Wildman–Crippen MR) is 117 cm³/mol. The molecule has 3 aromatic rings. The van der Waals surface area contributed by atoms with Crippen molar-refractivity contribution in [2.75, 3.05) is 32.4 Å². The van der Waals surface area contributed by atoms with Crippen LogP contribution in [0.25, 0.3) is 0 Å². The first kappa shape index (κ1) is 25.1. The molecule has 0 radical (unpaired) electrons. The van der Waals surface area contributed by atoms with E-state index >= 15 is 0 Å². The SMILES string of the molecule is COc1cc(OC)c(F)c(COc2cnc(Nc3cc(CCOS(C)(=O)=O)n(C)n3)nc2)c1F. The van der Waals surface area contributed by atoms with Crippen LogP contribution in [0.3, 0.4) is 0 Å². The molecule has 0 amide bonds. The van der Waals surface area contributed by atoms with Crippen molar-refractivity contribution in [3.8, 4) is 17.2 Å². The number of ether oxygens (including phenoxy) is 3. The molecule has 11 nitrogen and oxygen atoms in total. The molecule has 1 aromatic carbocycles. The molecule has 14 heteroatoms. The Labute approximate surface area is 194 Å². The van der Waals surface area contributed by atoms with Crippen LogP contribution in [0.15, 0.2) is 24.5 Å². The van der Waals surface area contributed by atoms with Crippen molar-refractivity contribution in [1.82, 2.24) is 19.7 Å². The average Bonchev–Trinajstić information content (AvgIpc) is 3.13. The number of rotatable bonds is 11. The van der Waals surface area contributed by atoms with Gasteiger partial charge in [-0.15, -0.1) is 0 Å². The molecule has 0 unspecified atom stereocenters. The van der Waals surface area contributed by atoms with Crippen LogP contribution in [0, 0.1) is 11.6 Å². The van der Waals surface area contributed by atoms with Gasteiger partial charge in [-0.3, -0.25) is 8.86 Å². The molecule has 0 saturated heterocycles. The lowest BCUT2D eigenvalue weighted by atomic mass is 10.1. The van der Waals surface area contributed by atoms with Crippen molar-refractivity contribution >= 4 is 21.9 Å². The largest absolute Gasteiger partial charge is 0.494 e. The number of halogens is 2. The molecule has 184 valence electrons. The van der Waals surface area contributed by atoms with Crippen LogP contribution in [-0.4, -0.2) is 55.2 Å². The quantitative estimate of drug-likeness (QED) is 0.393. The molecule has 0 saturated carbocycles. The van der Waals surface area contributed by atoms with E-state index in [1.165, 1.54) is 26.6 Å². The van der Waals surface area contributed by atoms with Crippen molar-refractivity contribution in [2.45, 2.75) is 13.0 Å². The lowest BCUT2D eigenvalue weighted by molar-refractivity contribution is 0.280. The molecule has 0 fully saturated rings. The van der Waals surface area contributed by atoms with Gasteiger partial charge in [0.15, 0.2) is 34.7 Å². The normalized spacial score (nSPS) is 11.4. The van der Waals surface area contributed by atoms with Gasteiger partial charge in [0.2, 0.25) is 5.95 Å². The lowest BCUT2D eigenvalue weighted by Gasteiger charge is -2.13. The first-order valence-electron chi connectivity index (χ1n) is 9.79. The van der Waals surface area contributed by atoms with Crippen molar-refractivity contribution in [2.24, 2.45) is 7.05 Å². The van der Waals surface area contributed by atoms with E-state index in [-0.39, 0.29) is 35.4 Å². The molecule has 3 rings (SSSR count). The molecular weight excluding hydrogens is 476 g/mol. The van der Waals surface area contributed by atoms with E-state index in [0.29, 0.717) is 12.2 Å². The Morgan fingerprint density at radius 1 is 1.06 bits per heavy atom. The third-order valence-corrected chi connectivity index (χ3v) is 5.14. The summed E-state index contributed by atoms with van der Waals surface area (Å²) < 4.78 is 72.5. The highest BCUT2D eigenvalue weighted by atomic mass is 32.2. The summed E-state index contributed by atoms with van der Waals surface area (Å²) in [7, 11) is 0.696. The molecule has 0 aliphatic heterocycles. The summed E-state index contributed by atoms with van der Waals surface area (Å²) in [6.07, 6.45) is 3.96. The van der Waals surface area contributed by atoms with E-state index in [2.05, 4.69) is 20.4 Å². The molecule has 2 heterocycles. The monoisotopic (exact) mass is 499 g/mol. The smallest absolute Gasteiger partial charge is 0.264 e. The number of methoxy groups -OCH3 is 2. The molecule has 1 N–H and O–H groups in total. The topological polar surface area (TPSA) is 127 Å². The third kappa shape index (κ3) is 6.29. The first-order valence-corrected chi connectivity index (χ1v) is 11.6. The fraction of sp³-hybridized carbons (Fsp3) is 0.350. The number of nitrogens with zero attached hydrogens (tertiary/aromatic N) is 4. The van der Waals surface area contributed by atoms with Gasteiger partial charge in [-0.1, -0.05) is 0 Å². The van der Waals surface area contributed by atoms with Gasteiger partial charge >= 0.3 is 0 Å². The number of hydrogen-bond acceptors (Lipinski definition) is 10. The standard InChI is InChI=1S/C20H23F2N5O6S/c1-27-12(5-6-33-34(4,28)29)7-17(26-27)25-20-23-9-13(10-24-20)32-11-14-18(21)15(30-2)8-16(31-3)19(14)22/h7-10H,5-6,11H2,1-4H3,(H,23,24,25,26). The van der Waals surface area contributed by atoms with Gasteiger partial charge < -0.3 is 19.5 Å². The van der Waals surface area contributed by atoms with Crippen LogP contribution >= 0.6 is 0 Å². The van der Waals surface area contributed by atoms with Gasteiger partial charge in [0, 0.05) is 31.3 Å². The van der Waals surface area contributed by atoms with Crippen LogP contribution in [-0.2, 0) is 34.4 Å². The Morgan fingerprint density at radius 2 is 1.68 bits per heavy atom. The Morgan fingerprint density at radius 3 is 2.24 bits per heavy atom. The highest BCUT2D eigenvalue weighted by molar-refractivity contribution is 7.85. The summed E-state index contributed by atoms with van der Waals surface area (Å²) in [5.41, 5.74) is 0.364. The molecule has 0 bridgehead atoms. The zero-order valence-electron chi connectivity index (χ0n) is 18.8. The Bertz CT molecular complexity index is 1220. The van der Waals surface area contributed by atoms with E-state index in [4.69, 9.17) is 18.4 Å². The van der Waals surface area contributed by atoms with Crippen LogP contribution < -0.4 is 19.5 Å². The maximum atomic E-state index is 14.4. The second kappa shape index (κ2) is 10.6. The fourth-order valence-corrected chi connectivity index (χ4v) is 3.27. The molecule has 0 aliphatic rings. The average molecular weight is 499 g/mol. The van der Waals surface area contributed by atoms with Crippen LogP contribution in [0.4, 0.5) is 20.5 Å². The maximum Gasteiger partial charge on any atom is 0.264 e. The minimum absolute atomic E-state index is 0.0132. The molecule has 2 aromatic heterocycles. The fourth-order valence-electron chi connectivity index (χ4n) is 2.89. The highest BCUT2D eigenvalue weighted by Crippen LogP contribution is 2.32. The number of anilines is 2. The van der Waals surface area contributed by atoms with Gasteiger partial charge in [0.05, 0.1) is 45.0 Å². The van der Waals surface area contributed by atoms with Crippen LogP contribution in [0.1, 0.15) is 11.3 Å². The second-order valence-corrected chi connectivity index (χ2v) is 8.61. The van der Waals surface area contributed by atoms with Gasteiger partial charge in [-0.05, 0) is 0 Å². The molecule has 34 heavy (non-hydrogen) atoms. The van der Waals surface area contributed by atoms with Crippen molar-refractivity contribution in [3.63, 3.8) is 0 Å². The minimum atomic E-state index is -3.52. The zero-order valence-corrected chi connectivity index (χ0v) is 19.6. The number of aryl methyl sites for hydroxylation is 1. The van der Waals surface area contributed by atoms with E-state index in [0.717, 1.165) is 18.0 Å². The molecule has 0 spiro atoms. The minimum Gasteiger partial charge on any atom is -0.494 e. The van der Waals surface area contributed by atoms with Crippen LogP contribution in [0.2, 0.25) is 0 Å². The van der Waals surface area contributed by atoms with E-state index in [1.54, 1.807) is 17.8 Å². The Balaban J connectivity index is 1.63. The second-order valence-electron chi connectivity index (χ2n) is 6.96. The Kier molecular flexibility index (Phi) is 7.83. The zero-order chi connectivity index (χ0) is 24.9. The summed E-state index contributed by atoms with van der Waals surface area (Å²) in [4.78, 5) is 8.19. The lowest BCUT2D eigenvalue weighted by Crippen LogP contribution is -2.08. The highest BCUT2D eigenvalue weighted by Gasteiger charge is 2.20. The summed E-state index contributed by atoms with van der Waals surface area (Å²) >= 11 is 0. The number of benzene rings is 1. The summed E-state index contributed by atoms with van der Waals surface area (Å²) in [5.74, 6) is -1.34. The van der Waals surface area contributed by atoms with Gasteiger partial charge in [-0.2, -0.15) is 13.5 Å². The third-order valence-electron chi connectivity index (χ3n) is 4.55. The van der Waals surface area contributed by atoms with Gasteiger partial charge in [0.1, 0.15) is 6.61 Å². The van der Waals surface area contributed by atoms with Crippen molar-refractivity contribution in [3.05, 3.63) is 47.4 Å². The maximum absolute atomic E-state index is 14.4. The van der Waals surface area contributed by atoms with Crippen molar-refractivity contribution < 1.29 is 35.6 Å². The Hall–Kier alpha value is -3.52. The summed E-state index contributed by atoms with van der Waals surface area (Å²) in [6, 6.07) is 2.81. The van der Waals surface area contributed by atoms with Gasteiger partial charge in [-0.25, -0.2) is 18.7 Å². The summed E-state index contributed by atoms with van der Waals surface area (Å²) in [5, 5.41) is 7.15. The number of nitrogens with one attached hydrogen (secondary N) is 1. The first-order chi connectivity index (χ1) is 16.1. The predicted octanol–water partition coefficient (Wildman–Crippen LogP) is 2.35. The molecular formula is C20H23F2N5O6S. The van der Waals surface area contributed by atoms with Crippen molar-refractivity contribution in [1.29, 1.82) is 0 Å². The van der Waals surface area contributed by atoms with E-state index in [1.807, 2.05) is 0 Å². The number of aromatic nitrogens is 4. The summed E-state index contributed by atoms with van der Waals surface area (Å²) in [6.45, 7) is -0.457. The van der Waals surface area contributed by atoms with Crippen LogP contribution in [0.5, 0.6) is 17.2 Å². The van der Waals surface area contributed by atoms with E-state index < -0.39 is 28.4 Å². The molecule has 0 atom stereocenters. The van der Waals surface area contributed by atoms with Gasteiger partial charge in [0.25, 0.3) is 10.1 Å². The molecule has 0 aliphatic carbocycles. The van der Waals surface area contributed by atoms with E-state index in [9.17, 15) is 17.2 Å².